The number of fused-ring (bicyclic) bond motifs is 4. The van der Waals surface area contributed by atoms with E-state index >= 15 is 0 Å². The van der Waals surface area contributed by atoms with E-state index in [4.69, 9.17) is 0 Å². The molecule has 0 aromatic carbocycles. The Morgan fingerprint density at radius 1 is 1.26 bits per heavy atom. The molecular weight excluding hydrogens is 322 g/mol. The Hall–Kier alpha value is -1.59. The summed E-state index contributed by atoms with van der Waals surface area (Å²) in [6.45, 7) is 1.48. The van der Waals surface area contributed by atoms with Crippen LogP contribution in [0.15, 0.2) is 6.33 Å². The third kappa shape index (κ3) is 3.21. The Kier molecular flexibility index (Phi) is 4.34. The number of rotatable bonds is 4. The molecule has 23 heavy (non-hydrogen) atoms. The van der Waals surface area contributed by atoms with E-state index in [0.29, 0.717) is 19.6 Å². The second-order valence-electron chi connectivity index (χ2n) is 6.26. The van der Waals surface area contributed by atoms with Crippen molar-refractivity contribution in [2.45, 2.75) is 25.4 Å². The van der Waals surface area contributed by atoms with Crippen molar-refractivity contribution >= 4 is 16.1 Å². The Balaban J connectivity index is 1.75. The molecule has 4 heterocycles. The number of carbonyl (C=O) groups is 1. The van der Waals surface area contributed by atoms with Gasteiger partial charge in [0.15, 0.2) is 0 Å². The standard InChI is InChI=1S/C12H21N7O3S/c1-16(2)23(21,22)18-5-10-3-4-11(7-18)19(6-10)12(20)8-17-9-13-14-15-17/h9-11H,3-8H2,1-2H3/t10-,11+/m1/s1. The third-order valence-corrected chi connectivity index (χ3v) is 6.35. The van der Waals surface area contributed by atoms with Crippen molar-refractivity contribution < 1.29 is 13.2 Å². The van der Waals surface area contributed by atoms with Crippen molar-refractivity contribution in [1.82, 2.24) is 33.7 Å². The summed E-state index contributed by atoms with van der Waals surface area (Å²) < 4.78 is 28.9. The lowest BCUT2D eigenvalue weighted by atomic mass is 9.95. The summed E-state index contributed by atoms with van der Waals surface area (Å²) >= 11 is 0. The van der Waals surface area contributed by atoms with E-state index in [9.17, 15) is 13.2 Å². The number of nitrogens with zero attached hydrogens (tertiary/aromatic N) is 7. The Labute approximate surface area is 135 Å². The summed E-state index contributed by atoms with van der Waals surface area (Å²) in [6, 6.07) is -0.0903. The average molecular weight is 343 g/mol. The molecule has 3 aliphatic heterocycles. The number of aromatic nitrogens is 4. The molecule has 11 heteroatoms. The smallest absolute Gasteiger partial charge is 0.281 e. The van der Waals surface area contributed by atoms with Gasteiger partial charge in [-0.1, -0.05) is 0 Å². The van der Waals surface area contributed by atoms with Crippen LogP contribution in [0.4, 0.5) is 0 Å². The molecule has 10 nitrogen and oxygen atoms in total. The molecule has 0 unspecified atom stereocenters. The average Bonchev–Trinajstić information content (AvgIpc) is 2.82. The van der Waals surface area contributed by atoms with E-state index < -0.39 is 10.2 Å². The zero-order valence-electron chi connectivity index (χ0n) is 13.2. The monoisotopic (exact) mass is 343 g/mol. The molecule has 1 aromatic heterocycles. The molecule has 2 atom stereocenters. The topological polar surface area (TPSA) is 105 Å². The van der Waals surface area contributed by atoms with Crippen LogP contribution in [0.2, 0.25) is 0 Å². The van der Waals surface area contributed by atoms with Crippen LogP contribution in [0.1, 0.15) is 12.8 Å². The molecule has 2 bridgehead atoms. The first kappa shape index (κ1) is 16.3. The summed E-state index contributed by atoms with van der Waals surface area (Å²) in [7, 11) is -0.396. The lowest BCUT2D eigenvalue weighted by Gasteiger charge is -2.36. The second-order valence-corrected chi connectivity index (χ2v) is 8.40. The molecule has 4 rings (SSSR count). The predicted octanol–water partition coefficient (Wildman–Crippen LogP) is -1.60. The fourth-order valence-corrected chi connectivity index (χ4v) is 4.47. The van der Waals surface area contributed by atoms with Gasteiger partial charge in [-0.25, -0.2) is 4.68 Å². The van der Waals surface area contributed by atoms with Gasteiger partial charge in [0, 0.05) is 39.8 Å². The van der Waals surface area contributed by atoms with E-state index in [0.717, 1.165) is 12.8 Å². The van der Waals surface area contributed by atoms with Crippen molar-refractivity contribution in [1.29, 1.82) is 0 Å². The Morgan fingerprint density at radius 2 is 2.04 bits per heavy atom. The first-order valence-corrected chi connectivity index (χ1v) is 8.95. The first-order valence-electron chi connectivity index (χ1n) is 7.55. The van der Waals surface area contributed by atoms with E-state index in [1.54, 1.807) is 4.90 Å². The van der Waals surface area contributed by atoms with E-state index in [2.05, 4.69) is 15.5 Å². The number of hydrogen-bond acceptors (Lipinski definition) is 6. The van der Waals surface area contributed by atoms with Gasteiger partial charge in [-0.2, -0.15) is 17.0 Å². The molecule has 0 aliphatic carbocycles. The number of carbonyl (C=O) groups excluding carboxylic acids is 1. The summed E-state index contributed by atoms with van der Waals surface area (Å²) in [5, 5.41) is 10.7. The maximum absolute atomic E-state index is 12.5. The van der Waals surface area contributed by atoms with Gasteiger partial charge < -0.3 is 4.90 Å². The third-order valence-electron chi connectivity index (χ3n) is 4.48. The first-order chi connectivity index (χ1) is 10.9. The molecule has 1 amide bonds. The Bertz CT molecular complexity index is 660. The summed E-state index contributed by atoms with van der Waals surface area (Å²) in [4.78, 5) is 14.3. The van der Waals surface area contributed by atoms with Crippen molar-refractivity contribution in [3.8, 4) is 0 Å². The highest BCUT2D eigenvalue weighted by Gasteiger charge is 2.41. The SMILES string of the molecule is CN(C)S(=O)(=O)N1C[C@H]2CC[C@@H](C1)N(C(=O)Cn1cnnn1)C2. The molecule has 3 saturated heterocycles. The van der Waals surface area contributed by atoms with Crippen LogP contribution in [-0.4, -0.2) is 87.8 Å². The summed E-state index contributed by atoms with van der Waals surface area (Å²) in [6.07, 6.45) is 3.17. The lowest BCUT2D eigenvalue weighted by molar-refractivity contribution is -0.136. The van der Waals surface area contributed by atoms with Crippen molar-refractivity contribution in [2.75, 3.05) is 33.7 Å². The van der Waals surface area contributed by atoms with Gasteiger partial charge in [0.25, 0.3) is 10.2 Å². The molecule has 3 aliphatic rings. The normalized spacial score (nSPS) is 25.8. The van der Waals surface area contributed by atoms with Crippen LogP contribution in [0.25, 0.3) is 0 Å². The van der Waals surface area contributed by atoms with Gasteiger partial charge >= 0.3 is 0 Å². The van der Waals surface area contributed by atoms with Gasteiger partial charge in [-0.05, 0) is 29.2 Å². The highest BCUT2D eigenvalue weighted by atomic mass is 32.2. The minimum absolute atomic E-state index is 0.0731. The molecule has 128 valence electrons. The maximum atomic E-state index is 12.5. The zero-order valence-corrected chi connectivity index (χ0v) is 14.1. The largest absolute Gasteiger partial charge is 0.336 e. The van der Waals surface area contributed by atoms with Gasteiger partial charge in [0.1, 0.15) is 12.9 Å². The molecule has 1 aromatic rings. The number of amides is 1. The Morgan fingerprint density at radius 3 is 2.70 bits per heavy atom. The quantitative estimate of drug-likeness (QED) is 0.652. The van der Waals surface area contributed by atoms with Crippen LogP contribution < -0.4 is 0 Å². The van der Waals surface area contributed by atoms with Crippen molar-refractivity contribution in [3.05, 3.63) is 6.33 Å². The van der Waals surface area contributed by atoms with Crippen LogP contribution in [-0.2, 0) is 21.5 Å². The van der Waals surface area contributed by atoms with Crippen LogP contribution in [0, 0.1) is 5.92 Å². The molecule has 3 fully saturated rings. The molecule has 0 spiro atoms. The minimum Gasteiger partial charge on any atom is -0.336 e. The van der Waals surface area contributed by atoms with Gasteiger partial charge in [-0.15, -0.1) is 5.10 Å². The fourth-order valence-electron chi connectivity index (χ4n) is 3.25. The fraction of sp³-hybridized carbons (Fsp3) is 0.833. The lowest BCUT2D eigenvalue weighted by Crippen LogP contribution is -2.49. The van der Waals surface area contributed by atoms with E-state index in [1.807, 2.05) is 0 Å². The summed E-state index contributed by atoms with van der Waals surface area (Å²) in [5.74, 6) is 0.0948. The molecule has 0 N–H and O–H groups in total. The highest BCUT2D eigenvalue weighted by Crippen LogP contribution is 2.29. The van der Waals surface area contributed by atoms with Crippen LogP contribution in [0.5, 0.6) is 0 Å². The van der Waals surface area contributed by atoms with Crippen LogP contribution in [0.3, 0.4) is 0 Å². The minimum atomic E-state index is -3.46. The van der Waals surface area contributed by atoms with Gasteiger partial charge in [0.05, 0.1) is 0 Å². The van der Waals surface area contributed by atoms with Gasteiger partial charge in [0.2, 0.25) is 5.91 Å². The van der Waals surface area contributed by atoms with Crippen molar-refractivity contribution in [3.63, 3.8) is 0 Å². The molecule has 0 saturated carbocycles. The zero-order chi connectivity index (χ0) is 16.6. The maximum Gasteiger partial charge on any atom is 0.281 e. The molecule has 0 radical (unpaired) electrons. The number of hydrogen-bond donors (Lipinski definition) is 0. The highest BCUT2D eigenvalue weighted by molar-refractivity contribution is 7.86. The number of piperidine rings is 1. The summed E-state index contributed by atoms with van der Waals surface area (Å²) in [5.41, 5.74) is 0. The van der Waals surface area contributed by atoms with Gasteiger partial charge in [-0.3, -0.25) is 4.79 Å². The van der Waals surface area contributed by atoms with E-state index in [-0.39, 0.29) is 24.4 Å². The van der Waals surface area contributed by atoms with E-state index in [1.165, 1.54) is 33.7 Å². The van der Waals surface area contributed by atoms with Crippen molar-refractivity contribution in [2.24, 2.45) is 5.92 Å². The predicted molar refractivity (Wildman–Crippen MR) is 80.2 cm³/mol. The molecular formula is C12H21N7O3S. The van der Waals surface area contributed by atoms with Crippen LogP contribution >= 0.6 is 0 Å². The number of tetrazole rings is 1. The second kappa shape index (κ2) is 6.13.